The third-order valence-electron chi connectivity index (χ3n) is 2.77. The average molecular weight is 387 g/mol. The Bertz CT molecular complexity index is 634. The molecule has 0 unspecified atom stereocenters. The number of nitrogens with one attached hydrogen (secondary N) is 1. The van der Waals surface area contributed by atoms with Crippen LogP contribution in [-0.4, -0.2) is 23.6 Å². The molecule has 4 nitrogen and oxygen atoms in total. The zero-order valence-corrected chi connectivity index (χ0v) is 13.7. The van der Waals surface area contributed by atoms with Gasteiger partial charge in [0.25, 0.3) is 0 Å². The van der Waals surface area contributed by atoms with Gasteiger partial charge in [0.15, 0.2) is 17.4 Å². The van der Waals surface area contributed by atoms with Gasteiger partial charge in [0.05, 0.1) is 16.4 Å². The van der Waals surface area contributed by atoms with Gasteiger partial charge in [0, 0.05) is 12.1 Å². The van der Waals surface area contributed by atoms with Crippen LogP contribution in [0.5, 0.6) is 5.75 Å². The molecule has 0 atom stereocenters. The molecule has 0 spiro atoms. The molecule has 20 heavy (non-hydrogen) atoms. The van der Waals surface area contributed by atoms with E-state index in [2.05, 4.69) is 37.9 Å². The van der Waals surface area contributed by atoms with Crippen molar-refractivity contribution < 1.29 is 9.13 Å². The fraction of sp³-hybridized carbons (Fsp3) is 0.286. The highest BCUT2D eigenvalue weighted by molar-refractivity contribution is 14.1. The highest BCUT2D eigenvalue weighted by atomic mass is 127. The van der Waals surface area contributed by atoms with Gasteiger partial charge in [-0.15, -0.1) is 0 Å². The molecule has 0 aliphatic carbocycles. The van der Waals surface area contributed by atoms with E-state index < -0.39 is 5.82 Å². The smallest absolute Gasteiger partial charge is 0.165 e. The Morgan fingerprint density at radius 1 is 1.35 bits per heavy atom. The predicted octanol–water partition coefficient (Wildman–Crippen LogP) is 3.64. The van der Waals surface area contributed by atoms with Crippen molar-refractivity contribution in [1.29, 1.82) is 0 Å². The Hall–Kier alpha value is -1.44. The minimum atomic E-state index is -0.421. The van der Waals surface area contributed by atoms with Crippen LogP contribution < -0.4 is 10.1 Å². The summed E-state index contributed by atoms with van der Waals surface area (Å²) in [6, 6.07) is 4.71. The third-order valence-corrected chi connectivity index (χ3v) is 4.06. The van der Waals surface area contributed by atoms with Crippen LogP contribution >= 0.6 is 22.6 Å². The van der Waals surface area contributed by atoms with Crippen molar-refractivity contribution in [2.75, 3.05) is 19.0 Å². The van der Waals surface area contributed by atoms with E-state index in [1.54, 1.807) is 12.1 Å². The highest BCUT2D eigenvalue weighted by Gasteiger charge is 2.12. The van der Waals surface area contributed by atoms with Crippen LogP contribution in [0, 0.1) is 16.3 Å². The van der Waals surface area contributed by atoms with Gasteiger partial charge >= 0.3 is 0 Å². The molecule has 1 aromatic heterocycles. The average Bonchev–Trinajstić information content (AvgIpc) is 2.43. The van der Waals surface area contributed by atoms with E-state index in [4.69, 9.17) is 4.74 Å². The molecule has 0 fully saturated rings. The fourth-order valence-corrected chi connectivity index (χ4v) is 2.21. The molecule has 0 saturated heterocycles. The van der Waals surface area contributed by atoms with Crippen molar-refractivity contribution in [3.8, 4) is 17.1 Å². The van der Waals surface area contributed by atoms with Crippen LogP contribution in [0.15, 0.2) is 18.2 Å². The number of aromatic nitrogens is 2. The van der Waals surface area contributed by atoms with Gasteiger partial charge in [-0.1, -0.05) is 0 Å². The predicted molar refractivity (Wildman–Crippen MR) is 85.6 cm³/mol. The molecule has 6 heteroatoms. The number of rotatable bonds is 4. The summed E-state index contributed by atoms with van der Waals surface area (Å²) in [6.45, 7) is 4.68. The van der Waals surface area contributed by atoms with E-state index in [0.717, 1.165) is 21.6 Å². The molecule has 0 radical (unpaired) electrons. The lowest BCUT2D eigenvalue weighted by Crippen LogP contribution is -2.06. The van der Waals surface area contributed by atoms with Gasteiger partial charge in [0.2, 0.25) is 0 Å². The molecule has 1 aromatic carbocycles. The van der Waals surface area contributed by atoms with Gasteiger partial charge in [-0.05, 0) is 54.6 Å². The molecule has 106 valence electrons. The SMILES string of the molecule is CCNc1nc(-c2ccc(OC)c(F)c2)nc(C)c1I. The van der Waals surface area contributed by atoms with Crippen LogP contribution in [0.1, 0.15) is 12.6 Å². The van der Waals surface area contributed by atoms with Crippen LogP contribution in [0.4, 0.5) is 10.2 Å². The Morgan fingerprint density at radius 3 is 2.70 bits per heavy atom. The molecule has 2 rings (SSSR count). The van der Waals surface area contributed by atoms with E-state index >= 15 is 0 Å². The van der Waals surface area contributed by atoms with Crippen LogP contribution in [-0.2, 0) is 0 Å². The standard InChI is InChI=1S/C14H15FIN3O/c1-4-17-14-12(16)8(2)18-13(19-14)9-5-6-11(20-3)10(15)7-9/h5-7H,4H2,1-3H3,(H,17,18,19). The lowest BCUT2D eigenvalue weighted by Gasteiger charge is -2.10. The lowest BCUT2D eigenvalue weighted by molar-refractivity contribution is 0.386. The molecule has 0 aliphatic rings. The molecular weight excluding hydrogens is 372 g/mol. The molecule has 0 aliphatic heterocycles. The lowest BCUT2D eigenvalue weighted by atomic mass is 10.2. The molecule has 1 N–H and O–H groups in total. The van der Waals surface area contributed by atoms with Crippen molar-refractivity contribution in [2.45, 2.75) is 13.8 Å². The first-order valence-corrected chi connectivity index (χ1v) is 7.26. The summed E-state index contributed by atoms with van der Waals surface area (Å²) in [7, 11) is 1.44. The zero-order valence-electron chi connectivity index (χ0n) is 11.5. The second-order valence-electron chi connectivity index (χ2n) is 4.17. The summed E-state index contributed by atoms with van der Waals surface area (Å²) < 4.78 is 19.7. The van der Waals surface area contributed by atoms with E-state index in [0.29, 0.717) is 11.4 Å². The number of hydrogen-bond donors (Lipinski definition) is 1. The second kappa shape index (κ2) is 6.34. The topological polar surface area (TPSA) is 47.0 Å². The minimum absolute atomic E-state index is 0.211. The van der Waals surface area contributed by atoms with Gasteiger partial charge in [-0.3, -0.25) is 0 Å². The van der Waals surface area contributed by atoms with Crippen molar-refractivity contribution in [2.24, 2.45) is 0 Å². The Kier molecular flexibility index (Phi) is 4.74. The van der Waals surface area contributed by atoms with E-state index in [1.165, 1.54) is 13.2 Å². The number of halogens is 2. The van der Waals surface area contributed by atoms with Gasteiger partial charge in [-0.2, -0.15) is 0 Å². The number of methoxy groups -OCH3 is 1. The molecule has 0 amide bonds. The van der Waals surface area contributed by atoms with Gasteiger partial charge in [-0.25, -0.2) is 14.4 Å². The van der Waals surface area contributed by atoms with Crippen molar-refractivity contribution in [1.82, 2.24) is 9.97 Å². The summed E-state index contributed by atoms with van der Waals surface area (Å²) in [5, 5.41) is 3.19. The summed E-state index contributed by atoms with van der Waals surface area (Å²) in [5.74, 6) is 1.06. The van der Waals surface area contributed by atoms with Crippen molar-refractivity contribution in [3.05, 3.63) is 33.3 Å². The molecule has 0 bridgehead atoms. The van der Waals surface area contributed by atoms with Crippen molar-refractivity contribution in [3.63, 3.8) is 0 Å². The van der Waals surface area contributed by atoms with Crippen LogP contribution in [0.3, 0.4) is 0 Å². The first-order valence-electron chi connectivity index (χ1n) is 6.18. The zero-order chi connectivity index (χ0) is 14.7. The Balaban J connectivity index is 2.49. The van der Waals surface area contributed by atoms with E-state index in [9.17, 15) is 4.39 Å². The van der Waals surface area contributed by atoms with Crippen LogP contribution in [0.2, 0.25) is 0 Å². The molecule has 2 aromatic rings. The highest BCUT2D eigenvalue weighted by Crippen LogP contribution is 2.26. The maximum atomic E-state index is 13.8. The van der Waals surface area contributed by atoms with E-state index in [1.807, 2.05) is 13.8 Å². The normalized spacial score (nSPS) is 10.4. The fourth-order valence-electron chi connectivity index (χ4n) is 1.78. The largest absolute Gasteiger partial charge is 0.494 e. The summed E-state index contributed by atoms with van der Waals surface area (Å²) in [4.78, 5) is 8.87. The number of ether oxygens (including phenoxy) is 1. The summed E-state index contributed by atoms with van der Waals surface area (Å²) >= 11 is 2.20. The summed E-state index contributed by atoms with van der Waals surface area (Å²) in [5.41, 5.74) is 1.49. The quantitative estimate of drug-likeness (QED) is 0.814. The second-order valence-corrected chi connectivity index (χ2v) is 5.25. The monoisotopic (exact) mass is 387 g/mol. The third kappa shape index (κ3) is 3.00. The first-order chi connectivity index (χ1) is 9.56. The number of aryl methyl sites for hydroxylation is 1. The van der Waals surface area contributed by atoms with Gasteiger partial charge in [0.1, 0.15) is 5.82 Å². The summed E-state index contributed by atoms with van der Waals surface area (Å²) in [6.07, 6.45) is 0. The van der Waals surface area contributed by atoms with Crippen molar-refractivity contribution >= 4 is 28.4 Å². The molecule has 0 saturated carbocycles. The van der Waals surface area contributed by atoms with Gasteiger partial charge < -0.3 is 10.1 Å². The van der Waals surface area contributed by atoms with E-state index in [-0.39, 0.29) is 5.75 Å². The number of benzene rings is 1. The molecular formula is C14H15FIN3O. The number of hydrogen-bond acceptors (Lipinski definition) is 4. The number of anilines is 1. The Morgan fingerprint density at radius 2 is 2.10 bits per heavy atom. The minimum Gasteiger partial charge on any atom is -0.494 e. The number of nitrogens with zero attached hydrogens (tertiary/aromatic N) is 2. The Labute approximate surface area is 130 Å². The molecule has 1 heterocycles. The van der Waals surface area contributed by atoms with Crippen LogP contribution in [0.25, 0.3) is 11.4 Å². The first kappa shape index (κ1) is 15.0. The maximum Gasteiger partial charge on any atom is 0.165 e. The maximum absolute atomic E-state index is 13.8.